The third-order valence-electron chi connectivity index (χ3n) is 4.42. The molecule has 23 heavy (non-hydrogen) atoms. The molecule has 0 aliphatic carbocycles. The molecule has 0 aromatic carbocycles. The maximum atomic E-state index is 12.7. The fourth-order valence-electron chi connectivity index (χ4n) is 3.16. The van der Waals surface area contributed by atoms with Gasteiger partial charge in [0, 0.05) is 32.5 Å². The van der Waals surface area contributed by atoms with Crippen LogP contribution >= 0.6 is 0 Å². The van der Waals surface area contributed by atoms with Crippen molar-refractivity contribution in [2.75, 3.05) is 23.3 Å². The quantitative estimate of drug-likeness (QED) is 0.939. The summed E-state index contributed by atoms with van der Waals surface area (Å²) in [6.07, 6.45) is 4.46. The highest BCUT2D eigenvalue weighted by atomic mass is 16.2. The summed E-state index contributed by atoms with van der Waals surface area (Å²) in [5.74, 6) is 1.25. The average Bonchev–Trinajstić information content (AvgIpc) is 3.10. The lowest BCUT2D eigenvalue weighted by molar-refractivity contribution is -0.120. The van der Waals surface area contributed by atoms with Crippen molar-refractivity contribution >= 4 is 17.4 Å². The molecule has 1 fully saturated rings. The number of pyridine rings is 1. The molecule has 122 valence electrons. The second-order valence-electron chi connectivity index (χ2n) is 6.18. The molecule has 2 atom stereocenters. The fraction of sp³-hybridized carbons (Fsp3) is 0.471. The third-order valence-corrected chi connectivity index (χ3v) is 4.42. The van der Waals surface area contributed by atoms with Crippen LogP contribution in [-0.4, -0.2) is 33.8 Å². The van der Waals surface area contributed by atoms with Crippen molar-refractivity contribution in [2.45, 2.75) is 20.3 Å². The first kappa shape index (κ1) is 15.5. The molecule has 0 unspecified atom stereocenters. The SMILES string of the molecule is CCc1nn(C)cc1NC(=O)[C@@H]1CN(c2ccccn2)C[C@H]1C. The molecule has 2 aromatic heterocycles. The Labute approximate surface area is 136 Å². The normalized spacial score (nSPS) is 20.7. The lowest BCUT2D eigenvalue weighted by Crippen LogP contribution is -2.29. The minimum Gasteiger partial charge on any atom is -0.356 e. The van der Waals surface area contributed by atoms with Crippen LogP contribution in [0.25, 0.3) is 0 Å². The molecule has 1 aliphatic rings. The van der Waals surface area contributed by atoms with Crippen LogP contribution in [0, 0.1) is 11.8 Å². The Kier molecular flexibility index (Phi) is 4.32. The summed E-state index contributed by atoms with van der Waals surface area (Å²) in [6, 6.07) is 5.87. The molecule has 1 saturated heterocycles. The lowest BCUT2D eigenvalue weighted by atomic mass is 9.97. The summed E-state index contributed by atoms with van der Waals surface area (Å²) in [6.45, 7) is 5.71. The van der Waals surface area contributed by atoms with Gasteiger partial charge in [-0.15, -0.1) is 0 Å². The second-order valence-corrected chi connectivity index (χ2v) is 6.18. The van der Waals surface area contributed by atoms with Gasteiger partial charge < -0.3 is 10.2 Å². The molecule has 6 nitrogen and oxygen atoms in total. The molecule has 2 aromatic rings. The van der Waals surface area contributed by atoms with Gasteiger partial charge in [-0.05, 0) is 24.5 Å². The van der Waals surface area contributed by atoms with E-state index in [4.69, 9.17) is 0 Å². The van der Waals surface area contributed by atoms with Gasteiger partial charge in [-0.1, -0.05) is 19.9 Å². The molecular formula is C17H23N5O. The first-order valence-corrected chi connectivity index (χ1v) is 8.07. The predicted molar refractivity (Wildman–Crippen MR) is 90.3 cm³/mol. The van der Waals surface area contributed by atoms with Crippen molar-refractivity contribution in [1.82, 2.24) is 14.8 Å². The number of nitrogens with zero attached hydrogens (tertiary/aromatic N) is 4. The van der Waals surface area contributed by atoms with Crippen LogP contribution in [0.5, 0.6) is 0 Å². The van der Waals surface area contributed by atoms with Gasteiger partial charge >= 0.3 is 0 Å². The molecule has 1 N–H and O–H groups in total. The van der Waals surface area contributed by atoms with E-state index in [1.807, 2.05) is 38.4 Å². The maximum absolute atomic E-state index is 12.7. The fourth-order valence-corrected chi connectivity index (χ4v) is 3.16. The molecule has 1 aliphatic heterocycles. The monoisotopic (exact) mass is 313 g/mol. The van der Waals surface area contributed by atoms with Crippen molar-refractivity contribution in [3.8, 4) is 0 Å². The van der Waals surface area contributed by atoms with E-state index in [0.29, 0.717) is 12.5 Å². The number of carbonyl (C=O) groups is 1. The van der Waals surface area contributed by atoms with Crippen LogP contribution in [0.2, 0.25) is 0 Å². The maximum Gasteiger partial charge on any atom is 0.229 e. The number of amides is 1. The first-order chi connectivity index (χ1) is 11.1. The number of rotatable bonds is 4. The van der Waals surface area contributed by atoms with E-state index in [9.17, 15) is 4.79 Å². The van der Waals surface area contributed by atoms with Gasteiger partial charge in [-0.3, -0.25) is 9.48 Å². The Bertz CT molecular complexity index is 682. The van der Waals surface area contributed by atoms with Crippen LogP contribution in [0.4, 0.5) is 11.5 Å². The third kappa shape index (κ3) is 3.21. The molecule has 6 heteroatoms. The Hall–Kier alpha value is -2.37. The van der Waals surface area contributed by atoms with Crippen molar-refractivity contribution < 1.29 is 4.79 Å². The van der Waals surface area contributed by atoms with Gasteiger partial charge in [-0.2, -0.15) is 5.10 Å². The number of aromatic nitrogens is 3. The van der Waals surface area contributed by atoms with Crippen LogP contribution in [0.15, 0.2) is 30.6 Å². The van der Waals surface area contributed by atoms with E-state index in [1.54, 1.807) is 10.9 Å². The molecule has 0 radical (unpaired) electrons. The standard InChI is InChI=1S/C17H23N5O/c1-4-14-15(11-21(3)20-14)19-17(23)13-10-22(9-12(13)2)16-7-5-6-8-18-16/h5-8,11-13H,4,9-10H2,1-3H3,(H,19,23)/t12-,13-/m1/s1. The van der Waals surface area contributed by atoms with Gasteiger partial charge in [0.2, 0.25) is 5.91 Å². The predicted octanol–water partition coefficient (Wildman–Crippen LogP) is 2.09. The summed E-state index contributed by atoms with van der Waals surface area (Å²) in [4.78, 5) is 19.2. The zero-order valence-electron chi connectivity index (χ0n) is 13.9. The van der Waals surface area contributed by atoms with Crippen LogP contribution in [-0.2, 0) is 18.3 Å². The van der Waals surface area contributed by atoms with E-state index >= 15 is 0 Å². The summed E-state index contributed by atoms with van der Waals surface area (Å²) < 4.78 is 1.74. The Morgan fingerprint density at radius 2 is 2.22 bits per heavy atom. The molecule has 3 rings (SSSR count). The molecular weight excluding hydrogens is 290 g/mol. The minimum absolute atomic E-state index is 0.0399. The van der Waals surface area contributed by atoms with Gasteiger partial charge in [0.1, 0.15) is 5.82 Å². The van der Waals surface area contributed by atoms with Crippen molar-refractivity contribution in [3.05, 3.63) is 36.3 Å². The van der Waals surface area contributed by atoms with Gasteiger partial charge in [0.25, 0.3) is 0 Å². The van der Waals surface area contributed by atoms with E-state index in [-0.39, 0.29) is 11.8 Å². The van der Waals surface area contributed by atoms with E-state index in [2.05, 4.69) is 27.2 Å². The van der Waals surface area contributed by atoms with E-state index in [1.165, 1.54) is 0 Å². The van der Waals surface area contributed by atoms with Gasteiger partial charge in [-0.25, -0.2) is 4.98 Å². The minimum atomic E-state index is -0.0399. The van der Waals surface area contributed by atoms with Crippen LogP contribution in [0.1, 0.15) is 19.5 Å². The highest BCUT2D eigenvalue weighted by Crippen LogP contribution is 2.28. The van der Waals surface area contributed by atoms with Crippen molar-refractivity contribution in [2.24, 2.45) is 18.9 Å². The lowest BCUT2D eigenvalue weighted by Gasteiger charge is -2.17. The van der Waals surface area contributed by atoms with Crippen LogP contribution < -0.4 is 10.2 Å². The Morgan fingerprint density at radius 3 is 2.91 bits per heavy atom. The molecule has 0 bridgehead atoms. The number of aryl methyl sites for hydroxylation is 2. The Balaban J connectivity index is 1.70. The van der Waals surface area contributed by atoms with Crippen molar-refractivity contribution in [3.63, 3.8) is 0 Å². The zero-order valence-corrected chi connectivity index (χ0v) is 13.9. The molecule has 0 spiro atoms. The number of hydrogen-bond donors (Lipinski definition) is 1. The van der Waals surface area contributed by atoms with E-state index < -0.39 is 0 Å². The van der Waals surface area contributed by atoms with Crippen molar-refractivity contribution in [1.29, 1.82) is 0 Å². The molecule has 3 heterocycles. The highest BCUT2D eigenvalue weighted by molar-refractivity contribution is 5.94. The molecule has 0 saturated carbocycles. The van der Waals surface area contributed by atoms with Gasteiger partial charge in [0.05, 0.1) is 17.3 Å². The topological polar surface area (TPSA) is 63.1 Å². The smallest absolute Gasteiger partial charge is 0.229 e. The van der Waals surface area contributed by atoms with E-state index in [0.717, 1.165) is 30.2 Å². The Morgan fingerprint density at radius 1 is 1.39 bits per heavy atom. The first-order valence-electron chi connectivity index (χ1n) is 8.07. The van der Waals surface area contributed by atoms with Gasteiger partial charge in [0.15, 0.2) is 0 Å². The van der Waals surface area contributed by atoms with Crippen LogP contribution in [0.3, 0.4) is 0 Å². The summed E-state index contributed by atoms with van der Waals surface area (Å²) >= 11 is 0. The zero-order chi connectivity index (χ0) is 16.4. The number of anilines is 2. The highest BCUT2D eigenvalue weighted by Gasteiger charge is 2.35. The average molecular weight is 313 g/mol. The number of carbonyl (C=O) groups excluding carboxylic acids is 1. The number of nitrogens with one attached hydrogen (secondary N) is 1. The largest absolute Gasteiger partial charge is 0.356 e. The summed E-state index contributed by atoms with van der Waals surface area (Å²) in [7, 11) is 1.87. The summed E-state index contributed by atoms with van der Waals surface area (Å²) in [5.41, 5.74) is 1.75. The summed E-state index contributed by atoms with van der Waals surface area (Å²) in [5, 5.41) is 7.43. The number of hydrogen-bond acceptors (Lipinski definition) is 4. The second kappa shape index (κ2) is 6.40. The molecule has 1 amide bonds.